The van der Waals surface area contributed by atoms with E-state index in [1.807, 2.05) is 32.0 Å². The predicted molar refractivity (Wildman–Crippen MR) is 124 cm³/mol. The molecule has 0 unspecified atom stereocenters. The highest BCUT2D eigenvalue weighted by Gasteiger charge is 2.25. The molecule has 2 aromatic carbocycles. The lowest BCUT2D eigenvalue weighted by Crippen LogP contribution is -2.26. The lowest BCUT2D eigenvalue weighted by molar-refractivity contribution is 0.462. The SMILES string of the molecule is Cc1cc(C)c(C)c(S(=O)(=O)Nc2c(NC3CCCCC3)c3ccccc3oc2=O)c1. The average Bonchev–Trinajstić information content (AvgIpc) is 2.73. The van der Waals surface area contributed by atoms with E-state index in [1.54, 1.807) is 25.1 Å². The van der Waals surface area contributed by atoms with E-state index < -0.39 is 15.6 Å². The minimum Gasteiger partial charge on any atom is -0.421 e. The van der Waals surface area contributed by atoms with E-state index in [2.05, 4.69) is 10.0 Å². The Kier molecular flexibility index (Phi) is 5.79. The monoisotopic (exact) mass is 440 g/mol. The lowest BCUT2D eigenvalue weighted by atomic mass is 9.95. The molecule has 7 heteroatoms. The van der Waals surface area contributed by atoms with Gasteiger partial charge in [-0.15, -0.1) is 0 Å². The fourth-order valence-corrected chi connectivity index (χ4v) is 5.78. The van der Waals surface area contributed by atoms with E-state index in [-0.39, 0.29) is 16.6 Å². The molecule has 3 aromatic rings. The van der Waals surface area contributed by atoms with Crippen LogP contribution in [0.4, 0.5) is 11.4 Å². The van der Waals surface area contributed by atoms with Gasteiger partial charge in [-0.05, 0) is 68.5 Å². The number of anilines is 2. The Morgan fingerprint density at radius 2 is 1.68 bits per heavy atom. The van der Waals surface area contributed by atoms with Gasteiger partial charge in [-0.3, -0.25) is 4.72 Å². The number of hydrogen-bond donors (Lipinski definition) is 2. The van der Waals surface area contributed by atoms with Gasteiger partial charge in [0.15, 0.2) is 5.69 Å². The molecule has 1 aliphatic rings. The van der Waals surface area contributed by atoms with Gasteiger partial charge in [0.2, 0.25) is 0 Å². The van der Waals surface area contributed by atoms with Crippen LogP contribution in [0.25, 0.3) is 11.0 Å². The normalized spacial score (nSPS) is 15.2. The number of sulfonamides is 1. The molecule has 0 bridgehead atoms. The maximum absolute atomic E-state index is 13.3. The molecule has 1 fully saturated rings. The summed E-state index contributed by atoms with van der Waals surface area (Å²) >= 11 is 0. The summed E-state index contributed by atoms with van der Waals surface area (Å²) in [5.74, 6) is 0. The first kappa shape index (κ1) is 21.4. The van der Waals surface area contributed by atoms with Gasteiger partial charge in [-0.1, -0.05) is 37.5 Å². The summed E-state index contributed by atoms with van der Waals surface area (Å²) in [6.07, 6.45) is 5.38. The van der Waals surface area contributed by atoms with Crippen molar-refractivity contribution in [2.75, 3.05) is 10.0 Å². The number of rotatable bonds is 5. The number of fused-ring (bicyclic) bond motifs is 1. The summed E-state index contributed by atoms with van der Waals surface area (Å²) in [6, 6.07) is 10.9. The first-order chi connectivity index (χ1) is 14.8. The third kappa shape index (κ3) is 4.32. The molecule has 0 spiro atoms. The van der Waals surface area contributed by atoms with Crippen molar-refractivity contribution in [3.8, 4) is 0 Å². The van der Waals surface area contributed by atoms with E-state index in [9.17, 15) is 13.2 Å². The molecule has 0 amide bonds. The Labute approximate surface area is 182 Å². The van der Waals surface area contributed by atoms with E-state index in [0.29, 0.717) is 22.2 Å². The highest BCUT2D eigenvalue weighted by Crippen LogP contribution is 2.33. The van der Waals surface area contributed by atoms with Gasteiger partial charge in [0.25, 0.3) is 10.0 Å². The minimum absolute atomic E-state index is 0.0668. The molecule has 6 nitrogen and oxygen atoms in total. The topological polar surface area (TPSA) is 88.4 Å². The fraction of sp³-hybridized carbons (Fsp3) is 0.375. The van der Waals surface area contributed by atoms with Crippen molar-refractivity contribution in [1.29, 1.82) is 0 Å². The maximum Gasteiger partial charge on any atom is 0.363 e. The van der Waals surface area contributed by atoms with Gasteiger partial charge >= 0.3 is 5.63 Å². The summed E-state index contributed by atoms with van der Waals surface area (Å²) in [4.78, 5) is 13.1. The van der Waals surface area contributed by atoms with Gasteiger partial charge in [0, 0.05) is 11.4 Å². The van der Waals surface area contributed by atoms with Crippen molar-refractivity contribution in [3.63, 3.8) is 0 Å². The van der Waals surface area contributed by atoms with Crippen LogP contribution in [0.3, 0.4) is 0 Å². The summed E-state index contributed by atoms with van der Waals surface area (Å²) in [6.45, 7) is 5.50. The second kappa shape index (κ2) is 8.38. The smallest absolute Gasteiger partial charge is 0.363 e. The zero-order valence-corrected chi connectivity index (χ0v) is 18.9. The van der Waals surface area contributed by atoms with E-state index >= 15 is 0 Å². The van der Waals surface area contributed by atoms with Crippen molar-refractivity contribution in [2.45, 2.75) is 63.8 Å². The largest absolute Gasteiger partial charge is 0.421 e. The molecule has 1 aromatic heterocycles. The van der Waals surface area contributed by atoms with Gasteiger partial charge in [-0.2, -0.15) is 0 Å². The second-order valence-electron chi connectivity index (χ2n) is 8.43. The molecule has 1 aliphatic carbocycles. The fourth-order valence-electron chi connectivity index (χ4n) is 4.31. The summed E-state index contributed by atoms with van der Waals surface area (Å²) in [7, 11) is -3.99. The van der Waals surface area contributed by atoms with Crippen molar-refractivity contribution in [2.24, 2.45) is 0 Å². The van der Waals surface area contributed by atoms with Crippen LogP contribution in [0.2, 0.25) is 0 Å². The number of nitrogens with one attached hydrogen (secondary N) is 2. The Morgan fingerprint density at radius 1 is 0.968 bits per heavy atom. The molecule has 0 atom stereocenters. The molecule has 0 saturated heterocycles. The van der Waals surface area contributed by atoms with Crippen LogP contribution in [0.1, 0.15) is 48.8 Å². The van der Waals surface area contributed by atoms with Crippen molar-refractivity contribution in [1.82, 2.24) is 0 Å². The van der Waals surface area contributed by atoms with Crippen LogP contribution in [-0.4, -0.2) is 14.5 Å². The summed E-state index contributed by atoms with van der Waals surface area (Å²) in [5.41, 5.74) is 2.53. The van der Waals surface area contributed by atoms with Crippen molar-refractivity contribution >= 4 is 32.4 Å². The molecule has 4 rings (SSSR count). The van der Waals surface area contributed by atoms with Crippen LogP contribution >= 0.6 is 0 Å². The third-order valence-electron chi connectivity index (χ3n) is 6.06. The molecule has 164 valence electrons. The first-order valence-electron chi connectivity index (χ1n) is 10.7. The van der Waals surface area contributed by atoms with Crippen LogP contribution in [0.15, 0.2) is 50.5 Å². The Balaban J connectivity index is 1.84. The lowest BCUT2D eigenvalue weighted by Gasteiger charge is -2.25. The Bertz CT molecular complexity index is 1290. The molecule has 1 saturated carbocycles. The molecular weight excluding hydrogens is 412 g/mol. The second-order valence-corrected chi connectivity index (χ2v) is 10.1. The van der Waals surface area contributed by atoms with E-state index in [0.717, 1.165) is 36.8 Å². The van der Waals surface area contributed by atoms with Gasteiger partial charge in [-0.25, -0.2) is 13.2 Å². The number of aryl methyl sites for hydroxylation is 2. The van der Waals surface area contributed by atoms with Crippen LogP contribution in [0.5, 0.6) is 0 Å². The molecule has 2 N–H and O–H groups in total. The van der Waals surface area contributed by atoms with Crippen molar-refractivity contribution < 1.29 is 12.8 Å². The zero-order chi connectivity index (χ0) is 22.2. The Morgan fingerprint density at radius 3 is 2.42 bits per heavy atom. The number of para-hydroxylation sites is 1. The Hall–Kier alpha value is -2.80. The summed E-state index contributed by atoms with van der Waals surface area (Å²) < 4.78 is 34.7. The van der Waals surface area contributed by atoms with Crippen LogP contribution in [0, 0.1) is 20.8 Å². The molecule has 31 heavy (non-hydrogen) atoms. The predicted octanol–water partition coefficient (Wildman–Crippen LogP) is 5.26. The number of hydrogen-bond acceptors (Lipinski definition) is 5. The van der Waals surface area contributed by atoms with Gasteiger partial charge < -0.3 is 9.73 Å². The third-order valence-corrected chi connectivity index (χ3v) is 7.53. The van der Waals surface area contributed by atoms with Crippen LogP contribution < -0.4 is 15.7 Å². The molecule has 0 aliphatic heterocycles. The van der Waals surface area contributed by atoms with Gasteiger partial charge in [0.05, 0.1) is 10.6 Å². The quantitative estimate of drug-likeness (QED) is 0.528. The maximum atomic E-state index is 13.3. The standard InChI is InChI=1S/C24H28N2O4S/c1-15-13-16(2)17(3)21(14-15)31(28,29)26-23-22(25-18-9-5-4-6-10-18)19-11-7-8-12-20(19)30-24(23)27/h7-8,11-14,18,25-26H,4-6,9-10H2,1-3H3. The molecular formula is C24H28N2O4S. The van der Waals surface area contributed by atoms with E-state index in [1.165, 1.54) is 6.42 Å². The highest BCUT2D eigenvalue weighted by molar-refractivity contribution is 7.92. The molecule has 0 radical (unpaired) electrons. The number of benzene rings is 2. The van der Waals surface area contributed by atoms with Crippen LogP contribution in [-0.2, 0) is 10.0 Å². The van der Waals surface area contributed by atoms with Crippen molar-refractivity contribution in [3.05, 3.63) is 63.5 Å². The van der Waals surface area contributed by atoms with Gasteiger partial charge in [0.1, 0.15) is 5.58 Å². The first-order valence-corrected chi connectivity index (χ1v) is 12.2. The van der Waals surface area contributed by atoms with E-state index in [4.69, 9.17) is 4.42 Å². The minimum atomic E-state index is -3.99. The highest BCUT2D eigenvalue weighted by atomic mass is 32.2. The summed E-state index contributed by atoms with van der Waals surface area (Å²) in [5, 5.41) is 4.14. The zero-order valence-electron chi connectivity index (χ0n) is 18.1. The molecule has 1 heterocycles. The average molecular weight is 441 g/mol.